The molecule has 0 spiro atoms. The number of nitrogens with one attached hydrogen (secondary N) is 1. The second kappa shape index (κ2) is 6.16. The quantitative estimate of drug-likeness (QED) is 0.938. The normalized spacial score (nSPS) is 23.0. The van der Waals surface area contributed by atoms with Crippen LogP contribution in [0.3, 0.4) is 0 Å². The van der Waals surface area contributed by atoms with Crippen molar-refractivity contribution >= 4 is 10.9 Å². The van der Waals surface area contributed by atoms with Gasteiger partial charge in [0.1, 0.15) is 0 Å². The zero-order chi connectivity index (χ0) is 14.8. The minimum absolute atomic E-state index is 0.498. The average Bonchev–Trinajstić information content (AvgIpc) is 2.88. The van der Waals surface area contributed by atoms with Crippen molar-refractivity contribution in [2.45, 2.75) is 32.4 Å². The Labute approximate surface area is 127 Å². The Morgan fingerprint density at radius 1 is 1.33 bits per heavy atom. The lowest BCUT2D eigenvalue weighted by molar-refractivity contribution is 0.333. The summed E-state index contributed by atoms with van der Waals surface area (Å²) in [5, 5.41) is 9.61. The van der Waals surface area contributed by atoms with Crippen molar-refractivity contribution in [3.63, 3.8) is 0 Å². The summed E-state index contributed by atoms with van der Waals surface area (Å²) in [5.74, 6) is 0.801. The van der Waals surface area contributed by atoms with Gasteiger partial charge in [-0.3, -0.25) is 4.68 Å². The van der Waals surface area contributed by atoms with Gasteiger partial charge in [-0.1, -0.05) is 19.1 Å². The van der Waals surface area contributed by atoms with Gasteiger partial charge in [-0.05, 0) is 51.0 Å². The summed E-state index contributed by atoms with van der Waals surface area (Å²) >= 11 is 0. The van der Waals surface area contributed by atoms with E-state index in [1.54, 1.807) is 0 Å². The molecule has 1 aromatic carbocycles. The molecule has 2 aromatic rings. The second-order valence-corrected chi connectivity index (χ2v) is 6.66. The van der Waals surface area contributed by atoms with Crippen LogP contribution in [0.4, 0.5) is 0 Å². The molecule has 21 heavy (non-hydrogen) atoms. The summed E-state index contributed by atoms with van der Waals surface area (Å²) in [6.07, 6.45) is 4.69. The van der Waals surface area contributed by atoms with E-state index in [9.17, 15) is 0 Å². The zero-order valence-corrected chi connectivity index (χ0v) is 13.3. The van der Waals surface area contributed by atoms with E-state index in [0.29, 0.717) is 6.04 Å². The Balaban J connectivity index is 1.76. The molecule has 0 saturated carbocycles. The fraction of sp³-hybridized carbons (Fsp3) is 0.588. The highest BCUT2D eigenvalue weighted by Crippen LogP contribution is 2.27. The molecule has 1 aliphatic heterocycles. The summed E-state index contributed by atoms with van der Waals surface area (Å²) in [5.41, 5.74) is 2.50. The van der Waals surface area contributed by atoms with Gasteiger partial charge in [-0.25, -0.2) is 0 Å². The van der Waals surface area contributed by atoms with E-state index < -0.39 is 0 Å². The molecule has 1 aliphatic rings. The van der Waals surface area contributed by atoms with E-state index in [1.807, 2.05) is 0 Å². The highest BCUT2D eigenvalue weighted by molar-refractivity contribution is 5.78. The first-order chi connectivity index (χ1) is 10.1. The van der Waals surface area contributed by atoms with Gasteiger partial charge >= 0.3 is 0 Å². The Hall–Kier alpha value is -1.39. The van der Waals surface area contributed by atoms with Gasteiger partial charge in [0.15, 0.2) is 0 Å². The minimum atomic E-state index is 0.498. The minimum Gasteiger partial charge on any atom is -0.310 e. The number of piperidine rings is 1. The van der Waals surface area contributed by atoms with Crippen LogP contribution in [-0.4, -0.2) is 41.9 Å². The van der Waals surface area contributed by atoms with Crippen molar-refractivity contribution in [3.8, 4) is 0 Å². The highest BCUT2D eigenvalue weighted by Gasteiger charge is 2.19. The molecule has 114 valence electrons. The third-order valence-electron chi connectivity index (χ3n) is 4.42. The van der Waals surface area contributed by atoms with Gasteiger partial charge in [-0.2, -0.15) is 5.10 Å². The average molecular weight is 286 g/mol. The Morgan fingerprint density at radius 3 is 2.90 bits per heavy atom. The van der Waals surface area contributed by atoms with Crippen LogP contribution in [-0.2, 0) is 6.54 Å². The van der Waals surface area contributed by atoms with Gasteiger partial charge in [0.2, 0.25) is 0 Å². The number of hydrogen-bond donors (Lipinski definition) is 1. The van der Waals surface area contributed by atoms with Crippen LogP contribution in [0.5, 0.6) is 0 Å². The summed E-state index contributed by atoms with van der Waals surface area (Å²) in [6.45, 7) is 5.40. The largest absolute Gasteiger partial charge is 0.310 e. The molecule has 1 N–H and O–H groups in total. The zero-order valence-electron chi connectivity index (χ0n) is 13.3. The van der Waals surface area contributed by atoms with Gasteiger partial charge in [-0.15, -0.1) is 0 Å². The molecule has 0 amide bonds. The van der Waals surface area contributed by atoms with Gasteiger partial charge in [0.25, 0.3) is 0 Å². The number of benzene rings is 1. The summed E-state index contributed by atoms with van der Waals surface area (Å²) in [6, 6.07) is 7.23. The molecule has 1 fully saturated rings. The molecule has 2 heterocycles. The van der Waals surface area contributed by atoms with Crippen molar-refractivity contribution in [2.24, 2.45) is 5.92 Å². The van der Waals surface area contributed by atoms with Crippen LogP contribution in [0.15, 0.2) is 24.4 Å². The topological polar surface area (TPSA) is 33.1 Å². The van der Waals surface area contributed by atoms with E-state index in [2.05, 4.69) is 60.3 Å². The fourth-order valence-electron chi connectivity index (χ4n) is 3.00. The molecule has 0 unspecified atom stereocenters. The molecule has 0 aliphatic carbocycles. The number of fused-ring (bicyclic) bond motifs is 1. The monoisotopic (exact) mass is 286 g/mol. The maximum Gasteiger partial charge on any atom is 0.0926 e. The van der Waals surface area contributed by atoms with E-state index in [-0.39, 0.29) is 0 Å². The molecular formula is C17H26N4. The third kappa shape index (κ3) is 3.44. The third-order valence-corrected chi connectivity index (χ3v) is 4.42. The first kappa shape index (κ1) is 14.5. The molecule has 1 saturated heterocycles. The summed E-state index contributed by atoms with van der Waals surface area (Å²) in [7, 11) is 4.19. The Kier molecular flexibility index (Phi) is 4.27. The fourth-order valence-corrected chi connectivity index (χ4v) is 3.00. The predicted molar refractivity (Wildman–Crippen MR) is 87.4 cm³/mol. The SMILES string of the molecule is C[C@H]1CC[C@H](c2ccc3cn(CCN(C)C)nc3c2)NC1. The molecule has 1 aromatic heterocycles. The van der Waals surface area contributed by atoms with E-state index >= 15 is 0 Å². The molecule has 0 radical (unpaired) electrons. The molecule has 0 bridgehead atoms. The highest BCUT2D eigenvalue weighted by atomic mass is 15.3. The number of rotatable bonds is 4. The second-order valence-electron chi connectivity index (χ2n) is 6.66. The Morgan fingerprint density at radius 2 is 2.19 bits per heavy atom. The van der Waals surface area contributed by atoms with Crippen LogP contribution < -0.4 is 5.32 Å². The van der Waals surface area contributed by atoms with Crippen molar-refractivity contribution in [2.75, 3.05) is 27.2 Å². The van der Waals surface area contributed by atoms with E-state index in [0.717, 1.165) is 31.1 Å². The number of aromatic nitrogens is 2. The standard InChI is InChI=1S/C17H26N4/c1-13-4-7-16(18-11-13)14-5-6-15-12-21(9-8-20(2)3)19-17(15)10-14/h5-6,10,12-13,16,18H,4,7-9,11H2,1-3H3/t13-,16+/m0/s1. The van der Waals surface area contributed by atoms with Crippen molar-refractivity contribution in [1.29, 1.82) is 0 Å². The van der Waals surface area contributed by atoms with Gasteiger partial charge < -0.3 is 10.2 Å². The predicted octanol–water partition coefficient (Wildman–Crippen LogP) is 2.66. The molecule has 4 heteroatoms. The molecule has 4 nitrogen and oxygen atoms in total. The lowest BCUT2D eigenvalue weighted by atomic mass is 9.92. The Bertz CT molecular complexity index is 594. The van der Waals surface area contributed by atoms with Crippen LogP contribution in [0, 0.1) is 5.92 Å². The van der Waals surface area contributed by atoms with Crippen molar-refractivity contribution in [3.05, 3.63) is 30.0 Å². The molecular weight excluding hydrogens is 260 g/mol. The van der Waals surface area contributed by atoms with Crippen LogP contribution in [0.1, 0.15) is 31.4 Å². The maximum atomic E-state index is 4.72. The number of nitrogens with zero attached hydrogens (tertiary/aromatic N) is 3. The molecule has 3 rings (SSSR count). The number of likely N-dealkylation sites (N-methyl/N-ethyl adjacent to an activating group) is 1. The van der Waals surface area contributed by atoms with Crippen LogP contribution in [0.25, 0.3) is 10.9 Å². The van der Waals surface area contributed by atoms with Crippen molar-refractivity contribution < 1.29 is 0 Å². The summed E-state index contributed by atoms with van der Waals surface area (Å²) < 4.78 is 2.06. The van der Waals surface area contributed by atoms with E-state index in [4.69, 9.17) is 5.10 Å². The first-order valence-electron chi connectivity index (χ1n) is 7.97. The van der Waals surface area contributed by atoms with Gasteiger partial charge in [0, 0.05) is 24.2 Å². The lowest BCUT2D eigenvalue weighted by Crippen LogP contribution is -2.31. The number of hydrogen-bond acceptors (Lipinski definition) is 3. The van der Waals surface area contributed by atoms with Crippen molar-refractivity contribution in [1.82, 2.24) is 20.0 Å². The van der Waals surface area contributed by atoms with Gasteiger partial charge in [0.05, 0.1) is 12.1 Å². The molecule has 2 atom stereocenters. The smallest absolute Gasteiger partial charge is 0.0926 e. The lowest BCUT2D eigenvalue weighted by Gasteiger charge is -2.28. The van der Waals surface area contributed by atoms with E-state index in [1.165, 1.54) is 23.8 Å². The summed E-state index contributed by atoms with van der Waals surface area (Å²) in [4.78, 5) is 2.19. The van der Waals surface area contributed by atoms with Crippen LogP contribution in [0.2, 0.25) is 0 Å². The maximum absolute atomic E-state index is 4.72. The first-order valence-corrected chi connectivity index (χ1v) is 7.97. The van der Waals surface area contributed by atoms with Crippen LogP contribution >= 0.6 is 0 Å².